The molecule has 0 spiro atoms. The summed E-state index contributed by atoms with van der Waals surface area (Å²) >= 11 is 0. The zero-order valence-electron chi connectivity index (χ0n) is 11.2. The summed E-state index contributed by atoms with van der Waals surface area (Å²) in [5, 5.41) is 9.90. The van der Waals surface area contributed by atoms with Gasteiger partial charge in [0.15, 0.2) is 0 Å². The smallest absolute Gasteiger partial charge is 0.0781 e. The Kier molecular flexibility index (Phi) is 3.26. The van der Waals surface area contributed by atoms with E-state index in [9.17, 15) is 5.11 Å². The number of nitrogens with zero attached hydrogens (tertiary/aromatic N) is 1. The molecule has 0 amide bonds. The predicted octanol–water partition coefficient (Wildman–Crippen LogP) is 3.30. The van der Waals surface area contributed by atoms with Crippen LogP contribution in [-0.2, 0) is 13.0 Å². The molecule has 0 saturated carbocycles. The molecule has 1 N–H and O–H groups in total. The summed E-state index contributed by atoms with van der Waals surface area (Å²) < 4.78 is 0. The molecule has 0 unspecified atom stereocenters. The highest BCUT2D eigenvalue weighted by Gasteiger charge is 2.19. The van der Waals surface area contributed by atoms with E-state index in [1.165, 1.54) is 11.1 Å². The number of benzene rings is 2. The SMILES string of the molecule is C[C@H](O)c1ccccc1N1CCc2ccccc2C1. The van der Waals surface area contributed by atoms with E-state index < -0.39 is 6.10 Å². The van der Waals surface area contributed by atoms with Gasteiger partial charge in [-0.05, 0) is 30.5 Å². The first-order valence-electron chi connectivity index (χ1n) is 6.84. The van der Waals surface area contributed by atoms with Crippen LogP contribution in [0, 0.1) is 0 Å². The molecule has 1 heterocycles. The fraction of sp³-hybridized carbons (Fsp3) is 0.294. The maximum Gasteiger partial charge on any atom is 0.0781 e. The third-order valence-electron chi connectivity index (χ3n) is 3.86. The lowest BCUT2D eigenvalue weighted by atomic mass is 9.98. The summed E-state index contributed by atoms with van der Waals surface area (Å²) in [5.41, 5.74) is 5.02. The van der Waals surface area contributed by atoms with E-state index in [1.54, 1.807) is 0 Å². The summed E-state index contributed by atoms with van der Waals surface area (Å²) in [6, 6.07) is 16.8. The summed E-state index contributed by atoms with van der Waals surface area (Å²) in [6.45, 7) is 3.78. The Morgan fingerprint density at radius 2 is 1.68 bits per heavy atom. The van der Waals surface area contributed by atoms with E-state index in [0.29, 0.717) is 0 Å². The molecule has 0 aliphatic carbocycles. The van der Waals surface area contributed by atoms with Crippen molar-refractivity contribution in [2.45, 2.75) is 26.0 Å². The molecule has 1 atom stereocenters. The zero-order valence-corrected chi connectivity index (χ0v) is 11.2. The predicted molar refractivity (Wildman–Crippen MR) is 78.3 cm³/mol. The Morgan fingerprint density at radius 1 is 1.00 bits per heavy atom. The highest BCUT2D eigenvalue weighted by Crippen LogP contribution is 2.30. The van der Waals surface area contributed by atoms with Crippen LogP contribution in [0.4, 0.5) is 5.69 Å². The van der Waals surface area contributed by atoms with Crippen molar-refractivity contribution >= 4 is 5.69 Å². The molecule has 0 bridgehead atoms. The van der Waals surface area contributed by atoms with Crippen molar-refractivity contribution in [3.05, 3.63) is 65.2 Å². The van der Waals surface area contributed by atoms with Crippen LogP contribution in [0.3, 0.4) is 0 Å². The molecule has 1 aliphatic heterocycles. The highest BCUT2D eigenvalue weighted by atomic mass is 16.3. The highest BCUT2D eigenvalue weighted by molar-refractivity contribution is 5.56. The minimum Gasteiger partial charge on any atom is -0.389 e. The molecular formula is C17H19NO. The van der Waals surface area contributed by atoms with Crippen molar-refractivity contribution in [3.8, 4) is 0 Å². The molecule has 19 heavy (non-hydrogen) atoms. The number of hydrogen-bond acceptors (Lipinski definition) is 2. The van der Waals surface area contributed by atoms with Gasteiger partial charge in [0, 0.05) is 24.3 Å². The Labute approximate surface area is 114 Å². The molecule has 0 radical (unpaired) electrons. The van der Waals surface area contributed by atoms with Crippen molar-refractivity contribution in [2.75, 3.05) is 11.4 Å². The van der Waals surface area contributed by atoms with Gasteiger partial charge in [-0.2, -0.15) is 0 Å². The van der Waals surface area contributed by atoms with E-state index in [-0.39, 0.29) is 0 Å². The molecule has 2 nitrogen and oxygen atoms in total. The zero-order chi connectivity index (χ0) is 13.2. The van der Waals surface area contributed by atoms with Crippen LogP contribution >= 0.6 is 0 Å². The average molecular weight is 253 g/mol. The van der Waals surface area contributed by atoms with Crippen molar-refractivity contribution in [1.29, 1.82) is 0 Å². The molecule has 0 fully saturated rings. The van der Waals surface area contributed by atoms with Crippen molar-refractivity contribution < 1.29 is 5.11 Å². The number of hydrogen-bond donors (Lipinski definition) is 1. The Hall–Kier alpha value is -1.80. The van der Waals surface area contributed by atoms with E-state index >= 15 is 0 Å². The largest absolute Gasteiger partial charge is 0.389 e. The normalized spacial score (nSPS) is 16.0. The van der Waals surface area contributed by atoms with Gasteiger partial charge in [0.25, 0.3) is 0 Å². The van der Waals surface area contributed by atoms with E-state index in [4.69, 9.17) is 0 Å². The molecule has 2 aromatic rings. The van der Waals surface area contributed by atoms with E-state index in [2.05, 4.69) is 35.2 Å². The van der Waals surface area contributed by atoms with Gasteiger partial charge in [0.05, 0.1) is 6.10 Å². The minimum atomic E-state index is -0.423. The average Bonchev–Trinajstić information content (AvgIpc) is 2.46. The summed E-state index contributed by atoms with van der Waals surface area (Å²) in [4.78, 5) is 2.37. The van der Waals surface area contributed by atoms with Crippen molar-refractivity contribution in [2.24, 2.45) is 0 Å². The van der Waals surface area contributed by atoms with Gasteiger partial charge in [-0.15, -0.1) is 0 Å². The second kappa shape index (κ2) is 5.06. The first-order valence-corrected chi connectivity index (χ1v) is 6.84. The second-order valence-electron chi connectivity index (χ2n) is 5.18. The van der Waals surface area contributed by atoms with E-state index in [1.807, 2.05) is 25.1 Å². The number of aliphatic hydroxyl groups is 1. The van der Waals surface area contributed by atoms with Gasteiger partial charge in [-0.3, -0.25) is 0 Å². The summed E-state index contributed by atoms with van der Waals surface area (Å²) in [6.07, 6.45) is 0.651. The van der Waals surface area contributed by atoms with Gasteiger partial charge in [-0.25, -0.2) is 0 Å². The first-order chi connectivity index (χ1) is 9.25. The molecule has 3 rings (SSSR count). The van der Waals surface area contributed by atoms with Gasteiger partial charge in [0.1, 0.15) is 0 Å². The van der Waals surface area contributed by atoms with Gasteiger partial charge >= 0.3 is 0 Å². The standard InChI is InChI=1S/C17H19NO/c1-13(19)16-8-4-5-9-17(16)18-11-10-14-6-2-3-7-15(14)12-18/h2-9,13,19H,10-12H2,1H3/t13-/m0/s1. The number of para-hydroxylation sites is 1. The monoisotopic (exact) mass is 253 g/mol. The van der Waals surface area contributed by atoms with Crippen LogP contribution in [0.1, 0.15) is 29.7 Å². The van der Waals surface area contributed by atoms with Crippen LogP contribution < -0.4 is 4.90 Å². The fourth-order valence-electron chi connectivity index (χ4n) is 2.83. The molecular weight excluding hydrogens is 234 g/mol. The number of rotatable bonds is 2. The lowest BCUT2D eigenvalue weighted by Gasteiger charge is -2.32. The Morgan fingerprint density at radius 3 is 2.47 bits per heavy atom. The molecule has 2 heteroatoms. The Balaban J connectivity index is 1.93. The van der Waals surface area contributed by atoms with Crippen LogP contribution in [0.5, 0.6) is 0 Å². The third kappa shape index (κ3) is 2.36. The van der Waals surface area contributed by atoms with Gasteiger partial charge < -0.3 is 10.0 Å². The molecule has 1 aliphatic rings. The van der Waals surface area contributed by atoms with E-state index in [0.717, 1.165) is 30.8 Å². The fourth-order valence-corrected chi connectivity index (χ4v) is 2.83. The summed E-state index contributed by atoms with van der Waals surface area (Å²) in [5.74, 6) is 0. The van der Waals surface area contributed by atoms with Gasteiger partial charge in [-0.1, -0.05) is 42.5 Å². The number of aliphatic hydroxyl groups excluding tert-OH is 1. The maximum absolute atomic E-state index is 9.90. The second-order valence-corrected chi connectivity index (χ2v) is 5.18. The topological polar surface area (TPSA) is 23.5 Å². The first kappa shape index (κ1) is 12.2. The summed E-state index contributed by atoms with van der Waals surface area (Å²) in [7, 11) is 0. The van der Waals surface area contributed by atoms with Crippen LogP contribution in [0.2, 0.25) is 0 Å². The lowest BCUT2D eigenvalue weighted by Crippen LogP contribution is -2.31. The molecule has 98 valence electrons. The lowest BCUT2D eigenvalue weighted by molar-refractivity contribution is 0.199. The Bertz CT molecular complexity index is 577. The number of fused-ring (bicyclic) bond motifs is 1. The maximum atomic E-state index is 9.90. The van der Waals surface area contributed by atoms with Crippen LogP contribution in [-0.4, -0.2) is 11.7 Å². The van der Waals surface area contributed by atoms with Crippen LogP contribution in [0.15, 0.2) is 48.5 Å². The van der Waals surface area contributed by atoms with Gasteiger partial charge in [0.2, 0.25) is 0 Å². The molecule has 2 aromatic carbocycles. The molecule has 0 aromatic heterocycles. The molecule has 0 saturated heterocycles. The van der Waals surface area contributed by atoms with Crippen LogP contribution in [0.25, 0.3) is 0 Å². The quantitative estimate of drug-likeness (QED) is 0.887. The number of anilines is 1. The minimum absolute atomic E-state index is 0.423. The third-order valence-corrected chi connectivity index (χ3v) is 3.86. The van der Waals surface area contributed by atoms with Crippen molar-refractivity contribution in [3.63, 3.8) is 0 Å². The van der Waals surface area contributed by atoms with Crippen molar-refractivity contribution in [1.82, 2.24) is 0 Å².